The van der Waals surface area contributed by atoms with Gasteiger partial charge in [-0.25, -0.2) is 0 Å². The highest BCUT2D eigenvalue weighted by Gasteiger charge is 2.16. The Labute approximate surface area is 110 Å². The first-order valence-electron chi connectivity index (χ1n) is 6.87. The van der Waals surface area contributed by atoms with Crippen molar-refractivity contribution >= 4 is 0 Å². The summed E-state index contributed by atoms with van der Waals surface area (Å²) in [5, 5.41) is 3.42. The van der Waals surface area contributed by atoms with Crippen molar-refractivity contribution < 1.29 is 4.74 Å². The highest BCUT2D eigenvalue weighted by atomic mass is 16.5. The number of piperidine rings is 1. The van der Waals surface area contributed by atoms with Crippen molar-refractivity contribution in [3.8, 4) is 5.75 Å². The first-order chi connectivity index (χ1) is 8.83. The van der Waals surface area contributed by atoms with E-state index in [1.807, 2.05) is 13.1 Å². The van der Waals surface area contributed by atoms with Gasteiger partial charge in [0.15, 0.2) is 0 Å². The van der Waals surface area contributed by atoms with Crippen molar-refractivity contribution in [2.75, 3.05) is 33.8 Å². The molecule has 3 heteroatoms. The minimum atomic E-state index is 0.387. The summed E-state index contributed by atoms with van der Waals surface area (Å²) < 4.78 is 5.30. The van der Waals surface area contributed by atoms with Gasteiger partial charge in [0.05, 0.1) is 7.11 Å². The van der Waals surface area contributed by atoms with Gasteiger partial charge in [0.1, 0.15) is 5.75 Å². The summed E-state index contributed by atoms with van der Waals surface area (Å²) in [6, 6.07) is 8.75. The lowest BCUT2D eigenvalue weighted by atomic mass is 10.0. The van der Waals surface area contributed by atoms with Crippen LogP contribution in [0.2, 0.25) is 0 Å². The summed E-state index contributed by atoms with van der Waals surface area (Å²) in [7, 11) is 3.76. The van der Waals surface area contributed by atoms with Crippen LogP contribution in [-0.4, -0.2) is 38.7 Å². The number of likely N-dealkylation sites (N-methyl/N-ethyl adjacent to an activating group) is 1. The number of hydrogen-bond acceptors (Lipinski definition) is 3. The van der Waals surface area contributed by atoms with Crippen LogP contribution in [0.1, 0.15) is 30.9 Å². The molecule has 0 saturated carbocycles. The molecule has 1 aliphatic heterocycles. The van der Waals surface area contributed by atoms with Crippen LogP contribution in [0.4, 0.5) is 0 Å². The predicted octanol–water partition coefficient (Wildman–Crippen LogP) is 2.44. The van der Waals surface area contributed by atoms with E-state index < -0.39 is 0 Å². The lowest BCUT2D eigenvalue weighted by Gasteiger charge is -2.30. The zero-order valence-electron chi connectivity index (χ0n) is 11.5. The van der Waals surface area contributed by atoms with Crippen molar-refractivity contribution in [1.29, 1.82) is 0 Å². The number of rotatable bonds is 5. The van der Waals surface area contributed by atoms with Gasteiger partial charge in [-0.05, 0) is 50.7 Å². The number of ether oxygens (including phenoxy) is 1. The Kier molecular flexibility index (Phi) is 5.02. The van der Waals surface area contributed by atoms with Crippen LogP contribution >= 0.6 is 0 Å². The summed E-state index contributed by atoms with van der Waals surface area (Å²) in [4.78, 5) is 2.56. The molecule has 0 aliphatic carbocycles. The molecular weight excluding hydrogens is 224 g/mol. The van der Waals surface area contributed by atoms with Crippen LogP contribution < -0.4 is 10.1 Å². The Hall–Kier alpha value is -1.06. The largest absolute Gasteiger partial charge is 0.497 e. The summed E-state index contributed by atoms with van der Waals surface area (Å²) in [6.07, 6.45) is 4.07. The molecule has 1 aromatic carbocycles. The molecule has 0 radical (unpaired) electrons. The van der Waals surface area contributed by atoms with Gasteiger partial charge >= 0.3 is 0 Å². The molecule has 0 amide bonds. The third kappa shape index (κ3) is 3.47. The maximum absolute atomic E-state index is 5.30. The number of benzene rings is 1. The maximum Gasteiger partial charge on any atom is 0.119 e. The highest BCUT2D eigenvalue weighted by molar-refractivity contribution is 5.30. The normalized spacial score (nSPS) is 18.6. The molecule has 2 rings (SSSR count). The van der Waals surface area contributed by atoms with Crippen LogP contribution in [0.3, 0.4) is 0 Å². The lowest BCUT2D eigenvalue weighted by Crippen LogP contribution is -2.37. The van der Waals surface area contributed by atoms with Crippen molar-refractivity contribution in [2.45, 2.75) is 25.3 Å². The molecule has 1 atom stereocenters. The van der Waals surface area contributed by atoms with E-state index in [1.165, 1.54) is 37.9 Å². The molecule has 18 heavy (non-hydrogen) atoms. The Morgan fingerprint density at radius 1 is 1.28 bits per heavy atom. The van der Waals surface area contributed by atoms with E-state index in [0.29, 0.717) is 6.04 Å². The molecule has 1 aromatic rings. The first-order valence-corrected chi connectivity index (χ1v) is 6.87. The molecule has 3 nitrogen and oxygen atoms in total. The summed E-state index contributed by atoms with van der Waals surface area (Å²) in [6.45, 7) is 3.56. The molecule has 1 heterocycles. The molecule has 0 spiro atoms. The first kappa shape index (κ1) is 13.4. The van der Waals surface area contributed by atoms with Crippen LogP contribution in [0, 0.1) is 0 Å². The smallest absolute Gasteiger partial charge is 0.119 e. The second kappa shape index (κ2) is 6.76. The van der Waals surface area contributed by atoms with Crippen LogP contribution in [0.15, 0.2) is 24.3 Å². The number of nitrogens with zero attached hydrogens (tertiary/aromatic N) is 1. The Balaban J connectivity index is 2.02. The number of likely N-dealkylation sites (tertiary alicyclic amines) is 1. The van der Waals surface area contributed by atoms with E-state index in [-0.39, 0.29) is 0 Å². The number of hydrogen-bond donors (Lipinski definition) is 1. The van der Waals surface area contributed by atoms with Crippen LogP contribution in [0.5, 0.6) is 5.75 Å². The summed E-state index contributed by atoms with van der Waals surface area (Å²) in [5.74, 6) is 0.936. The standard InChI is InChI=1S/C15H24N2O/c1-16-15(12-17-9-4-3-5-10-17)13-7-6-8-14(11-13)18-2/h6-8,11,15-16H,3-5,9-10,12H2,1-2H3. The average Bonchev–Trinajstić information content (AvgIpc) is 2.46. The summed E-state index contributed by atoms with van der Waals surface area (Å²) >= 11 is 0. The topological polar surface area (TPSA) is 24.5 Å². The second-order valence-corrected chi connectivity index (χ2v) is 4.98. The minimum Gasteiger partial charge on any atom is -0.497 e. The second-order valence-electron chi connectivity index (χ2n) is 4.98. The molecular formula is C15H24N2O. The fourth-order valence-corrected chi connectivity index (χ4v) is 2.62. The molecule has 0 bridgehead atoms. The lowest BCUT2D eigenvalue weighted by molar-refractivity contribution is 0.208. The number of methoxy groups -OCH3 is 1. The molecule has 1 saturated heterocycles. The quantitative estimate of drug-likeness (QED) is 0.866. The molecule has 0 aromatic heterocycles. The highest BCUT2D eigenvalue weighted by Crippen LogP contribution is 2.21. The molecule has 1 unspecified atom stereocenters. The zero-order chi connectivity index (χ0) is 12.8. The van der Waals surface area contributed by atoms with Crippen LogP contribution in [0.25, 0.3) is 0 Å². The number of nitrogens with one attached hydrogen (secondary N) is 1. The van der Waals surface area contributed by atoms with Gasteiger partial charge in [0.25, 0.3) is 0 Å². The minimum absolute atomic E-state index is 0.387. The van der Waals surface area contributed by atoms with Crippen molar-refractivity contribution in [1.82, 2.24) is 10.2 Å². The average molecular weight is 248 g/mol. The van der Waals surface area contributed by atoms with Gasteiger partial charge < -0.3 is 15.0 Å². The van der Waals surface area contributed by atoms with E-state index in [1.54, 1.807) is 7.11 Å². The Morgan fingerprint density at radius 2 is 2.06 bits per heavy atom. The van der Waals surface area contributed by atoms with Gasteiger partial charge in [-0.2, -0.15) is 0 Å². The third-order valence-electron chi connectivity index (χ3n) is 3.73. The van der Waals surface area contributed by atoms with Crippen molar-refractivity contribution in [2.24, 2.45) is 0 Å². The predicted molar refractivity (Wildman–Crippen MR) is 75.1 cm³/mol. The van der Waals surface area contributed by atoms with Gasteiger partial charge in [-0.15, -0.1) is 0 Å². The third-order valence-corrected chi connectivity index (χ3v) is 3.73. The van der Waals surface area contributed by atoms with Crippen LogP contribution in [-0.2, 0) is 0 Å². The van der Waals surface area contributed by atoms with Gasteiger partial charge in [0, 0.05) is 12.6 Å². The van der Waals surface area contributed by atoms with E-state index in [9.17, 15) is 0 Å². The van der Waals surface area contributed by atoms with Crippen molar-refractivity contribution in [3.63, 3.8) is 0 Å². The van der Waals surface area contributed by atoms with E-state index in [2.05, 4.69) is 28.4 Å². The van der Waals surface area contributed by atoms with Gasteiger partial charge in [-0.3, -0.25) is 0 Å². The Bertz CT molecular complexity index is 361. The van der Waals surface area contributed by atoms with Gasteiger partial charge in [-0.1, -0.05) is 18.6 Å². The SMILES string of the molecule is CNC(CN1CCCCC1)c1cccc(OC)c1. The van der Waals surface area contributed by atoms with Crippen molar-refractivity contribution in [3.05, 3.63) is 29.8 Å². The fraction of sp³-hybridized carbons (Fsp3) is 0.600. The fourth-order valence-electron chi connectivity index (χ4n) is 2.62. The van der Waals surface area contributed by atoms with E-state index >= 15 is 0 Å². The van der Waals surface area contributed by atoms with Gasteiger partial charge in [0.2, 0.25) is 0 Å². The zero-order valence-corrected chi connectivity index (χ0v) is 11.5. The van der Waals surface area contributed by atoms with E-state index in [0.717, 1.165) is 12.3 Å². The summed E-state index contributed by atoms with van der Waals surface area (Å²) in [5.41, 5.74) is 1.31. The Morgan fingerprint density at radius 3 is 2.72 bits per heavy atom. The monoisotopic (exact) mass is 248 g/mol. The molecule has 1 aliphatic rings. The van der Waals surface area contributed by atoms with E-state index in [4.69, 9.17) is 4.74 Å². The maximum atomic E-state index is 5.30. The molecule has 1 fully saturated rings. The molecule has 100 valence electrons. The molecule has 1 N–H and O–H groups in total.